The van der Waals surface area contributed by atoms with Crippen LogP contribution in [0.3, 0.4) is 0 Å². The number of carbonyl (C=O) groups excluding carboxylic acids is 1. The predicted molar refractivity (Wildman–Crippen MR) is 83.8 cm³/mol. The Morgan fingerprint density at radius 3 is 2.60 bits per heavy atom. The third-order valence-corrected chi connectivity index (χ3v) is 4.54. The van der Waals surface area contributed by atoms with E-state index in [1.807, 2.05) is 18.2 Å². The maximum absolute atomic E-state index is 11.6. The zero-order chi connectivity index (χ0) is 14.7. The summed E-state index contributed by atoms with van der Waals surface area (Å²) >= 11 is 3.58. The highest BCUT2D eigenvalue weighted by molar-refractivity contribution is 9.10. The molecule has 5 heteroatoms. The highest BCUT2D eigenvalue weighted by Gasteiger charge is 2.25. The largest absolute Gasteiger partial charge is 0.389 e. The van der Waals surface area contributed by atoms with E-state index in [9.17, 15) is 9.90 Å². The Bertz CT molecular complexity index is 483. The molecule has 1 aromatic rings. The van der Waals surface area contributed by atoms with Gasteiger partial charge in [0, 0.05) is 30.5 Å². The fraction of sp³-hybridized carbons (Fsp3) is 0.533. The lowest BCUT2D eigenvalue weighted by Gasteiger charge is -2.33. The molecule has 1 aliphatic rings. The molecule has 0 aliphatic carbocycles. The van der Waals surface area contributed by atoms with Crippen LogP contribution >= 0.6 is 15.9 Å². The van der Waals surface area contributed by atoms with Crippen LogP contribution in [-0.2, 0) is 4.79 Å². The molecule has 1 heterocycles. The zero-order valence-electron chi connectivity index (χ0n) is 11.9. The number of hydrogen-bond acceptors (Lipinski definition) is 3. The van der Waals surface area contributed by atoms with Crippen molar-refractivity contribution in [2.24, 2.45) is 5.92 Å². The molecule has 20 heavy (non-hydrogen) atoms. The van der Waals surface area contributed by atoms with E-state index in [1.165, 1.54) is 0 Å². The van der Waals surface area contributed by atoms with Gasteiger partial charge >= 0.3 is 0 Å². The molecule has 0 unspecified atom stereocenters. The van der Waals surface area contributed by atoms with E-state index in [2.05, 4.69) is 26.1 Å². The van der Waals surface area contributed by atoms with E-state index in [1.54, 1.807) is 14.0 Å². The molecule has 1 amide bonds. The summed E-state index contributed by atoms with van der Waals surface area (Å²) in [7, 11) is 1.69. The minimum absolute atomic E-state index is 0.131. The smallest absolute Gasteiger partial charge is 0.222 e. The number of aliphatic hydroxyl groups excluding tert-OH is 1. The van der Waals surface area contributed by atoms with Gasteiger partial charge in [-0.25, -0.2) is 0 Å². The lowest BCUT2D eigenvalue weighted by molar-refractivity contribution is -0.125. The van der Waals surface area contributed by atoms with Crippen LogP contribution in [0.25, 0.3) is 0 Å². The molecule has 0 saturated carbocycles. The van der Waals surface area contributed by atoms with Crippen molar-refractivity contribution in [3.05, 3.63) is 28.2 Å². The van der Waals surface area contributed by atoms with E-state index in [-0.39, 0.29) is 11.8 Å². The van der Waals surface area contributed by atoms with Crippen LogP contribution in [0.5, 0.6) is 0 Å². The van der Waals surface area contributed by atoms with Crippen LogP contribution in [0.15, 0.2) is 22.7 Å². The van der Waals surface area contributed by atoms with Gasteiger partial charge in [0.2, 0.25) is 5.91 Å². The van der Waals surface area contributed by atoms with Gasteiger partial charge in [-0.3, -0.25) is 4.79 Å². The molecule has 0 aromatic heterocycles. The first-order valence-electron chi connectivity index (χ1n) is 6.97. The van der Waals surface area contributed by atoms with Crippen LogP contribution in [0.1, 0.15) is 31.4 Å². The number of benzene rings is 1. The summed E-state index contributed by atoms with van der Waals surface area (Å²) in [6.45, 7) is 3.52. The van der Waals surface area contributed by atoms with Crippen molar-refractivity contribution in [3.63, 3.8) is 0 Å². The van der Waals surface area contributed by atoms with E-state index in [0.29, 0.717) is 0 Å². The van der Waals surface area contributed by atoms with E-state index < -0.39 is 6.10 Å². The molecule has 0 radical (unpaired) electrons. The number of carbonyl (C=O) groups is 1. The molecular formula is C15H21BrN2O2. The van der Waals surface area contributed by atoms with Gasteiger partial charge in [0.1, 0.15) is 0 Å². The molecule has 0 spiro atoms. The summed E-state index contributed by atoms with van der Waals surface area (Å²) in [6, 6.07) is 5.95. The van der Waals surface area contributed by atoms with Gasteiger partial charge in [-0.15, -0.1) is 0 Å². The summed E-state index contributed by atoms with van der Waals surface area (Å²) in [4.78, 5) is 13.9. The third kappa shape index (κ3) is 3.33. The van der Waals surface area contributed by atoms with Gasteiger partial charge in [-0.05, 0) is 53.4 Å². The molecular weight excluding hydrogens is 320 g/mol. The second kappa shape index (κ2) is 6.59. The molecule has 1 fully saturated rings. The highest BCUT2D eigenvalue weighted by atomic mass is 79.9. The van der Waals surface area contributed by atoms with Gasteiger partial charge in [0.15, 0.2) is 0 Å². The molecule has 4 nitrogen and oxygen atoms in total. The van der Waals surface area contributed by atoms with Crippen molar-refractivity contribution in [3.8, 4) is 0 Å². The summed E-state index contributed by atoms with van der Waals surface area (Å²) in [5.41, 5.74) is 2.03. The zero-order valence-corrected chi connectivity index (χ0v) is 13.5. The number of amides is 1. The average Bonchev–Trinajstić information content (AvgIpc) is 2.46. The lowest BCUT2D eigenvalue weighted by atomic mass is 9.95. The fourth-order valence-corrected chi connectivity index (χ4v) is 3.27. The number of hydrogen-bond donors (Lipinski definition) is 2. The first kappa shape index (κ1) is 15.3. The van der Waals surface area contributed by atoms with Gasteiger partial charge in [0.25, 0.3) is 0 Å². The van der Waals surface area contributed by atoms with Gasteiger partial charge in [-0.2, -0.15) is 0 Å². The second-order valence-corrected chi connectivity index (χ2v) is 6.12. The second-order valence-electron chi connectivity index (χ2n) is 5.26. The normalized spacial score (nSPS) is 17.9. The Morgan fingerprint density at radius 2 is 2.10 bits per heavy atom. The molecule has 0 bridgehead atoms. The van der Waals surface area contributed by atoms with Crippen LogP contribution in [-0.4, -0.2) is 31.2 Å². The molecule has 110 valence electrons. The maximum atomic E-state index is 11.6. The number of nitrogens with one attached hydrogen (secondary N) is 1. The third-order valence-electron chi connectivity index (χ3n) is 3.91. The van der Waals surface area contributed by atoms with Gasteiger partial charge in [0.05, 0.1) is 11.8 Å². The van der Waals surface area contributed by atoms with Gasteiger partial charge in [-0.1, -0.05) is 6.07 Å². The number of aliphatic hydroxyl groups is 1. The summed E-state index contributed by atoms with van der Waals surface area (Å²) in [5, 5.41) is 12.3. The van der Waals surface area contributed by atoms with Crippen molar-refractivity contribution in [1.29, 1.82) is 0 Å². The Labute approximate surface area is 128 Å². The number of halogens is 1. The Morgan fingerprint density at radius 1 is 1.45 bits per heavy atom. The standard InChI is InChI=1S/C15H21BrN2O2/c1-10(19)12-3-4-14(13(16)9-12)18-7-5-11(6-8-18)15(20)17-2/h3-4,9-11,19H,5-8H2,1-2H3,(H,17,20)/t10-/m0/s1. The van der Waals surface area contributed by atoms with E-state index in [4.69, 9.17) is 0 Å². The number of piperidine rings is 1. The van der Waals surface area contributed by atoms with Crippen LogP contribution in [0.2, 0.25) is 0 Å². The molecule has 2 rings (SSSR count). The quantitative estimate of drug-likeness (QED) is 0.888. The SMILES string of the molecule is CNC(=O)C1CCN(c2ccc([C@H](C)O)cc2Br)CC1. The minimum atomic E-state index is -0.459. The van der Waals surface area contributed by atoms with Crippen LogP contribution in [0, 0.1) is 5.92 Å². The highest BCUT2D eigenvalue weighted by Crippen LogP contribution is 2.32. The molecule has 1 saturated heterocycles. The van der Waals surface area contributed by atoms with Crippen LogP contribution in [0.4, 0.5) is 5.69 Å². The summed E-state index contributed by atoms with van der Waals surface area (Å²) in [5.74, 6) is 0.278. The van der Waals surface area contributed by atoms with Crippen molar-refractivity contribution >= 4 is 27.5 Å². The lowest BCUT2D eigenvalue weighted by Crippen LogP contribution is -2.39. The Hall–Kier alpha value is -1.07. The number of rotatable bonds is 3. The topological polar surface area (TPSA) is 52.6 Å². The Kier molecular flexibility index (Phi) is 5.05. The monoisotopic (exact) mass is 340 g/mol. The Balaban J connectivity index is 2.05. The summed E-state index contributed by atoms with van der Waals surface area (Å²) in [6.07, 6.45) is 1.30. The van der Waals surface area contributed by atoms with Crippen molar-refractivity contribution < 1.29 is 9.90 Å². The molecule has 1 aromatic carbocycles. The fourth-order valence-electron chi connectivity index (χ4n) is 2.63. The average molecular weight is 341 g/mol. The number of nitrogens with zero attached hydrogens (tertiary/aromatic N) is 1. The predicted octanol–water partition coefficient (Wildman–Crippen LogP) is 2.46. The van der Waals surface area contributed by atoms with Crippen molar-refractivity contribution in [2.45, 2.75) is 25.9 Å². The van der Waals surface area contributed by atoms with Gasteiger partial charge < -0.3 is 15.3 Å². The molecule has 2 N–H and O–H groups in total. The molecule has 1 atom stereocenters. The first-order chi connectivity index (χ1) is 9.52. The van der Waals surface area contributed by atoms with Crippen LogP contribution < -0.4 is 10.2 Å². The van der Waals surface area contributed by atoms with E-state index in [0.717, 1.165) is 41.7 Å². The molecule has 1 aliphatic heterocycles. The number of anilines is 1. The first-order valence-corrected chi connectivity index (χ1v) is 7.76. The van der Waals surface area contributed by atoms with Crippen molar-refractivity contribution in [1.82, 2.24) is 5.32 Å². The minimum Gasteiger partial charge on any atom is -0.389 e. The van der Waals surface area contributed by atoms with Crippen molar-refractivity contribution in [2.75, 3.05) is 25.0 Å². The summed E-state index contributed by atoms with van der Waals surface area (Å²) < 4.78 is 0.995. The van der Waals surface area contributed by atoms with E-state index >= 15 is 0 Å². The maximum Gasteiger partial charge on any atom is 0.222 e.